The zero-order valence-corrected chi connectivity index (χ0v) is 13.6. The van der Waals surface area contributed by atoms with Gasteiger partial charge in [-0.05, 0) is 31.2 Å². The SMILES string of the molecule is CCOc1ccc(NC(=O)Cc2c(F)cccc2Cl)cc1OC. The molecular formula is C17H17ClFNO3. The molecule has 0 atom stereocenters. The number of halogens is 2. The average molecular weight is 338 g/mol. The van der Waals surface area contributed by atoms with Crippen LogP contribution in [0.3, 0.4) is 0 Å². The van der Waals surface area contributed by atoms with Crippen molar-refractivity contribution in [3.63, 3.8) is 0 Å². The molecule has 2 rings (SSSR count). The molecule has 0 saturated carbocycles. The lowest BCUT2D eigenvalue weighted by Crippen LogP contribution is -2.15. The number of methoxy groups -OCH3 is 1. The maximum Gasteiger partial charge on any atom is 0.228 e. The molecule has 23 heavy (non-hydrogen) atoms. The molecule has 1 N–H and O–H groups in total. The Morgan fingerprint density at radius 1 is 1.26 bits per heavy atom. The Hall–Kier alpha value is -2.27. The molecule has 0 fully saturated rings. The molecule has 0 heterocycles. The number of nitrogens with one attached hydrogen (secondary N) is 1. The van der Waals surface area contributed by atoms with Gasteiger partial charge in [-0.25, -0.2) is 4.39 Å². The first-order chi connectivity index (χ1) is 11.0. The quantitative estimate of drug-likeness (QED) is 0.864. The highest BCUT2D eigenvalue weighted by Crippen LogP contribution is 2.30. The van der Waals surface area contributed by atoms with E-state index in [0.717, 1.165) is 0 Å². The van der Waals surface area contributed by atoms with Crippen LogP contribution in [-0.2, 0) is 11.2 Å². The van der Waals surface area contributed by atoms with E-state index in [1.165, 1.54) is 19.2 Å². The van der Waals surface area contributed by atoms with Crippen molar-refractivity contribution in [1.29, 1.82) is 0 Å². The highest BCUT2D eigenvalue weighted by atomic mass is 35.5. The van der Waals surface area contributed by atoms with Crippen molar-refractivity contribution >= 4 is 23.2 Å². The van der Waals surface area contributed by atoms with Gasteiger partial charge in [0.25, 0.3) is 0 Å². The van der Waals surface area contributed by atoms with E-state index in [2.05, 4.69) is 5.32 Å². The monoisotopic (exact) mass is 337 g/mol. The first kappa shape index (κ1) is 17.1. The topological polar surface area (TPSA) is 47.6 Å². The molecule has 0 aliphatic heterocycles. The Morgan fingerprint density at radius 2 is 2.04 bits per heavy atom. The van der Waals surface area contributed by atoms with Crippen molar-refractivity contribution in [3.05, 3.63) is 52.8 Å². The fourth-order valence-corrected chi connectivity index (χ4v) is 2.32. The van der Waals surface area contributed by atoms with Gasteiger partial charge in [0, 0.05) is 22.3 Å². The summed E-state index contributed by atoms with van der Waals surface area (Å²) in [5.74, 6) is 0.221. The molecule has 1 amide bonds. The number of hydrogen-bond acceptors (Lipinski definition) is 3. The maximum atomic E-state index is 13.7. The van der Waals surface area contributed by atoms with Crippen LogP contribution in [-0.4, -0.2) is 19.6 Å². The zero-order valence-electron chi connectivity index (χ0n) is 12.9. The molecule has 0 saturated heterocycles. The van der Waals surface area contributed by atoms with Gasteiger partial charge in [-0.1, -0.05) is 17.7 Å². The molecule has 122 valence electrons. The minimum absolute atomic E-state index is 0.152. The van der Waals surface area contributed by atoms with Gasteiger partial charge in [0.05, 0.1) is 20.1 Å². The molecule has 0 bridgehead atoms. The fraction of sp³-hybridized carbons (Fsp3) is 0.235. The Bertz CT molecular complexity index is 686. The Kier molecular flexibility index (Phi) is 5.82. The number of hydrogen-bond donors (Lipinski definition) is 1. The summed E-state index contributed by atoms with van der Waals surface area (Å²) < 4.78 is 24.3. The molecule has 0 spiro atoms. The van der Waals surface area contributed by atoms with Crippen LogP contribution < -0.4 is 14.8 Å². The van der Waals surface area contributed by atoms with Gasteiger partial charge in [-0.2, -0.15) is 0 Å². The van der Waals surface area contributed by atoms with Crippen LogP contribution in [0.15, 0.2) is 36.4 Å². The molecule has 0 unspecified atom stereocenters. The summed E-state index contributed by atoms with van der Waals surface area (Å²) >= 11 is 5.92. The molecule has 0 radical (unpaired) electrons. The third kappa shape index (κ3) is 4.36. The van der Waals surface area contributed by atoms with Gasteiger partial charge in [-0.15, -0.1) is 0 Å². The molecule has 2 aromatic carbocycles. The molecule has 2 aromatic rings. The third-order valence-corrected chi connectivity index (χ3v) is 3.50. The second kappa shape index (κ2) is 7.83. The van der Waals surface area contributed by atoms with Gasteiger partial charge in [0.15, 0.2) is 11.5 Å². The first-order valence-corrected chi connectivity index (χ1v) is 7.46. The number of benzene rings is 2. The lowest BCUT2D eigenvalue weighted by atomic mass is 10.1. The van der Waals surface area contributed by atoms with Crippen molar-refractivity contribution in [2.75, 3.05) is 19.0 Å². The van der Waals surface area contributed by atoms with Gasteiger partial charge in [0.1, 0.15) is 5.82 Å². The van der Waals surface area contributed by atoms with Gasteiger partial charge >= 0.3 is 0 Å². The van der Waals surface area contributed by atoms with E-state index in [0.29, 0.717) is 23.8 Å². The largest absolute Gasteiger partial charge is 0.493 e. The predicted molar refractivity (Wildman–Crippen MR) is 87.9 cm³/mol. The van der Waals surface area contributed by atoms with Crippen LogP contribution in [0.1, 0.15) is 12.5 Å². The molecular weight excluding hydrogens is 321 g/mol. The number of carbonyl (C=O) groups is 1. The van der Waals surface area contributed by atoms with Crippen molar-refractivity contribution in [1.82, 2.24) is 0 Å². The van der Waals surface area contributed by atoms with Gasteiger partial charge in [0.2, 0.25) is 5.91 Å². The van der Waals surface area contributed by atoms with E-state index in [1.54, 1.807) is 24.3 Å². The van der Waals surface area contributed by atoms with Crippen molar-refractivity contribution in [2.45, 2.75) is 13.3 Å². The van der Waals surface area contributed by atoms with Gasteiger partial charge < -0.3 is 14.8 Å². The van der Waals surface area contributed by atoms with Crippen LogP contribution in [0.5, 0.6) is 11.5 Å². The standard InChI is InChI=1S/C17H17ClFNO3/c1-3-23-15-8-7-11(9-16(15)22-2)20-17(21)10-12-13(18)5-4-6-14(12)19/h4-9H,3,10H2,1-2H3,(H,20,21). The summed E-state index contributed by atoms with van der Waals surface area (Å²) in [6.45, 7) is 2.38. The smallest absolute Gasteiger partial charge is 0.228 e. The maximum absolute atomic E-state index is 13.7. The van der Waals surface area contributed by atoms with E-state index in [-0.39, 0.29) is 22.9 Å². The van der Waals surface area contributed by atoms with Crippen LogP contribution in [0.2, 0.25) is 5.02 Å². The Labute approximate surface area is 139 Å². The fourth-order valence-electron chi connectivity index (χ4n) is 2.09. The Balaban J connectivity index is 2.11. The van der Waals surface area contributed by atoms with E-state index < -0.39 is 5.82 Å². The zero-order chi connectivity index (χ0) is 16.8. The highest BCUT2D eigenvalue weighted by Gasteiger charge is 2.13. The minimum Gasteiger partial charge on any atom is -0.493 e. The van der Waals surface area contributed by atoms with Crippen LogP contribution in [0, 0.1) is 5.82 Å². The second-order valence-corrected chi connectivity index (χ2v) is 5.13. The van der Waals surface area contributed by atoms with Crippen LogP contribution >= 0.6 is 11.6 Å². The molecule has 4 nitrogen and oxygen atoms in total. The van der Waals surface area contributed by atoms with Crippen molar-refractivity contribution in [2.24, 2.45) is 0 Å². The Morgan fingerprint density at radius 3 is 2.70 bits per heavy atom. The normalized spacial score (nSPS) is 10.3. The summed E-state index contributed by atoms with van der Waals surface area (Å²) in [4.78, 5) is 12.1. The summed E-state index contributed by atoms with van der Waals surface area (Å²) in [5, 5.41) is 2.92. The minimum atomic E-state index is -0.503. The van der Waals surface area contributed by atoms with Gasteiger partial charge in [-0.3, -0.25) is 4.79 Å². The number of amides is 1. The summed E-state index contributed by atoms with van der Waals surface area (Å²) in [6, 6.07) is 9.35. The second-order valence-electron chi connectivity index (χ2n) is 4.72. The first-order valence-electron chi connectivity index (χ1n) is 7.08. The number of anilines is 1. The van der Waals surface area contributed by atoms with E-state index >= 15 is 0 Å². The molecule has 0 aromatic heterocycles. The number of rotatable bonds is 6. The lowest BCUT2D eigenvalue weighted by Gasteiger charge is -2.12. The molecule has 6 heteroatoms. The molecule has 0 aliphatic rings. The van der Waals surface area contributed by atoms with E-state index in [9.17, 15) is 9.18 Å². The predicted octanol–water partition coefficient (Wildman–Crippen LogP) is 4.07. The molecule has 0 aliphatic carbocycles. The van der Waals surface area contributed by atoms with Crippen molar-refractivity contribution < 1.29 is 18.7 Å². The van der Waals surface area contributed by atoms with Crippen LogP contribution in [0.4, 0.5) is 10.1 Å². The lowest BCUT2D eigenvalue weighted by molar-refractivity contribution is -0.115. The van der Waals surface area contributed by atoms with E-state index in [4.69, 9.17) is 21.1 Å². The average Bonchev–Trinajstić information content (AvgIpc) is 2.53. The number of ether oxygens (including phenoxy) is 2. The summed E-state index contributed by atoms with van der Waals surface area (Å²) in [7, 11) is 1.52. The number of carbonyl (C=O) groups excluding carboxylic acids is 1. The highest BCUT2D eigenvalue weighted by molar-refractivity contribution is 6.31. The summed E-state index contributed by atoms with van der Waals surface area (Å²) in [6.07, 6.45) is -0.152. The van der Waals surface area contributed by atoms with Crippen LogP contribution in [0.25, 0.3) is 0 Å². The van der Waals surface area contributed by atoms with E-state index in [1.807, 2.05) is 6.92 Å². The summed E-state index contributed by atoms with van der Waals surface area (Å²) in [5.41, 5.74) is 0.701. The third-order valence-electron chi connectivity index (χ3n) is 3.15. The van der Waals surface area contributed by atoms with Crippen molar-refractivity contribution in [3.8, 4) is 11.5 Å².